The number of aryl methyl sites for hydroxylation is 3. The number of urea groups is 1. The molecule has 3 heterocycles. The lowest BCUT2D eigenvalue weighted by molar-refractivity contribution is 0.208. The lowest BCUT2D eigenvalue weighted by Gasteiger charge is -2.35. The van der Waals surface area contributed by atoms with Crippen molar-refractivity contribution in [2.45, 2.75) is 27.2 Å². The van der Waals surface area contributed by atoms with Crippen molar-refractivity contribution in [3.05, 3.63) is 47.3 Å². The molecule has 0 atom stereocenters. The molecule has 0 radical (unpaired) electrons. The third kappa shape index (κ3) is 3.49. The molecule has 1 fully saturated rings. The smallest absolute Gasteiger partial charge is 0.321 e. The molecule has 4 rings (SSSR count). The minimum Gasteiger partial charge on any atom is -0.352 e. The normalized spacial score (nSPS) is 14.5. The molecule has 1 N–H and O–H groups in total. The van der Waals surface area contributed by atoms with E-state index in [4.69, 9.17) is 0 Å². The van der Waals surface area contributed by atoms with Crippen molar-refractivity contribution in [1.29, 1.82) is 0 Å². The fourth-order valence-electron chi connectivity index (χ4n) is 3.37. The second-order valence-corrected chi connectivity index (χ2v) is 7.13. The van der Waals surface area contributed by atoms with Gasteiger partial charge >= 0.3 is 6.03 Å². The van der Waals surface area contributed by atoms with Gasteiger partial charge in [0, 0.05) is 38.3 Å². The van der Waals surface area contributed by atoms with E-state index in [-0.39, 0.29) is 6.03 Å². The van der Waals surface area contributed by atoms with Gasteiger partial charge in [-0.1, -0.05) is 13.0 Å². The highest BCUT2D eigenvalue weighted by molar-refractivity contribution is 5.89. The molecule has 0 saturated carbocycles. The lowest BCUT2D eigenvalue weighted by atomic mass is 10.1. The fraction of sp³-hybridized carbons (Fsp3) is 0.400. The first-order valence-corrected chi connectivity index (χ1v) is 9.64. The van der Waals surface area contributed by atoms with Gasteiger partial charge < -0.3 is 15.1 Å². The fourth-order valence-corrected chi connectivity index (χ4v) is 3.37. The summed E-state index contributed by atoms with van der Waals surface area (Å²) in [5.41, 5.74) is 3.98. The second-order valence-electron chi connectivity index (χ2n) is 7.13. The number of carbonyl (C=O) groups is 1. The maximum absolute atomic E-state index is 12.6. The largest absolute Gasteiger partial charge is 0.352 e. The summed E-state index contributed by atoms with van der Waals surface area (Å²) < 4.78 is 1.80. The molecule has 146 valence electrons. The number of nitrogens with zero attached hydrogens (tertiary/aromatic N) is 6. The molecule has 1 aliphatic rings. The number of hydrogen-bond donors (Lipinski definition) is 1. The van der Waals surface area contributed by atoms with Crippen molar-refractivity contribution in [2.75, 3.05) is 36.4 Å². The number of hydrogen-bond acceptors (Lipinski definition) is 5. The van der Waals surface area contributed by atoms with Gasteiger partial charge in [-0.15, -0.1) is 15.3 Å². The van der Waals surface area contributed by atoms with Gasteiger partial charge in [-0.2, -0.15) is 4.52 Å². The van der Waals surface area contributed by atoms with E-state index in [1.807, 2.05) is 49.1 Å². The van der Waals surface area contributed by atoms with Crippen molar-refractivity contribution in [3.63, 3.8) is 0 Å². The average Bonchev–Trinajstić information content (AvgIpc) is 3.13. The van der Waals surface area contributed by atoms with Crippen LogP contribution in [0.5, 0.6) is 0 Å². The van der Waals surface area contributed by atoms with Crippen molar-refractivity contribution < 1.29 is 4.79 Å². The molecule has 28 heavy (non-hydrogen) atoms. The minimum atomic E-state index is -0.0570. The number of rotatable bonds is 3. The van der Waals surface area contributed by atoms with E-state index in [0.29, 0.717) is 13.1 Å². The number of anilines is 2. The molecule has 0 spiro atoms. The van der Waals surface area contributed by atoms with Crippen LogP contribution in [0.15, 0.2) is 30.3 Å². The Labute approximate surface area is 164 Å². The number of amides is 2. The highest BCUT2D eigenvalue weighted by Crippen LogP contribution is 2.17. The molecule has 8 nitrogen and oxygen atoms in total. The maximum Gasteiger partial charge on any atom is 0.321 e. The Morgan fingerprint density at radius 2 is 1.82 bits per heavy atom. The van der Waals surface area contributed by atoms with E-state index in [1.165, 1.54) is 11.1 Å². The first kappa shape index (κ1) is 18.2. The van der Waals surface area contributed by atoms with Crippen LogP contribution in [0.1, 0.15) is 23.9 Å². The predicted molar refractivity (Wildman–Crippen MR) is 109 cm³/mol. The first-order valence-electron chi connectivity index (χ1n) is 9.64. The number of nitrogens with one attached hydrogen (secondary N) is 1. The van der Waals surface area contributed by atoms with E-state index in [0.717, 1.165) is 42.5 Å². The predicted octanol–water partition coefficient (Wildman–Crippen LogP) is 2.66. The van der Waals surface area contributed by atoms with Gasteiger partial charge in [0.25, 0.3) is 0 Å². The Hall–Kier alpha value is -3.16. The molecule has 8 heteroatoms. The zero-order valence-electron chi connectivity index (χ0n) is 16.5. The first-order chi connectivity index (χ1) is 13.5. The van der Waals surface area contributed by atoms with Crippen molar-refractivity contribution in [1.82, 2.24) is 24.7 Å². The summed E-state index contributed by atoms with van der Waals surface area (Å²) in [5, 5.41) is 16.0. The lowest BCUT2D eigenvalue weighted by Crippen LogP contribution is -2.50. The van der Waals surface area contributed by atoms with Crippen molar-refractivity contribution in [2.24, 2.45) is 0 Å². The highest BCUT2D eigenvalue weighted by Gasteiger charge is 2.22. The van der Waals surface area contributed by atoms with Crippen LogP contribution in [-0.2, 0) is 6.42 Å². The van der Waals surface area contributed by atoms with Gasteiger partial charge in [-0.3, -0.25) is 0 Å². The number of fused-ring (bicyclic) bond motifs is 1. The van der Waals surface area contributed by atoms with Gasteiger partial charge in [0.1, 0.15) is 5.82 Å². The van der Waals surface area contributed by atoms with E-state index in [1.54, 1.807) is 4.52 Å². The molecular weight excluding hydrogens is 354 g/mol. The quantitative estimate of drug-likeness (QED) is 0.757. The number of carbonyl (C=O) groups excluding carboxylic acids is 1. The van der Waals surface area contributed by atoms with E-state index in [2.05, 4.69) is 32.4 Å². The molecule has 2 amide bonds. The van der Waals surface area contributed by atoms with Crippen LogP contribution in [-0.4, -0.2) is 56.9 Å². The van der Waals surface area contributed by atoms with Gasteiger partial charge in [0.2, 0.25) is 0 Å². The topological polar surface area (TPSA) is 78.7 Å². The van der Waals surface area contributed by atoms with Gasteiger partial charge in [-0.25, -0.2) is 4.79 Å². The molecule has 0 unspecified atom stereocenters. The number of piperazine rings is 1. The summed E-state index contributed by atoms with van der Waals surface area (Å²) in [6.07, 6.45) is 0.782. The van der Waals surface area contributed by atoms with E-state index < -0.39 is 0 Å². The summed E-state index contributed by atoms with van der Waals surface area (Å²) in [5.74, 6) is 1.74. The zero-order chi connectivity index (χ0) is 19.7. The van der Waals surface area contributed by atoms with Gasteiger partial charge in [0.05, 0.1) is 0 Å². The standard InChI is InChI=1S/C20H25N7O/c1-4-17-22-23-18-7-8-19(24-27(17)18)25-9-11-26(12-10-25)20(28)21-16-6-5-14(2)15(3)13-16/h5-8,13H,4,9-12H2,1-3H3,(H,21,28). The highest BCUT2D eigenvalue weighted by atomic mass is 16.2. The Morgan fingerprint density at radius 3 is 2.54 bits per heavy atom. The van der Waals surface area contributed by atoms with Crippen LogP contribution < -0.4 is 10.2 Å². The molecule has 3 aromatic rings. The molecule has 0 aliphatic carbocycles. The van der Waals surface area contributed by atoms with Gasteiger partial charge in [0.15, 0.2) is 11.5 Å². The molecule has 1 saturated heterocycles. The summed E-state index contributed by atoms with van der Waals surface area (Å²) in [6, 6.07) is 9.83. The summed E-state index contributed by atoms with van der Waals surface area (Å²) in [6.45, 7) is 8.93. The number of aromatic nitrogens is 4. The second kappa shape index (κ2) is 7.46. The number of benzene rings is 1. The van der Waals surface area contributed by atoms with Crippen LogP contribution in [0.25, 0.3) is 5.65 Å². The van der Waals surface area contributed by atoms with Crippen LogP contribution in [0.3, 0.4) is 0 Å². The van der Waals surface area contributed by atoms with Crippen LogP contribution >= 0.6 is 0 Å². The molecule has 1 aromatic carbocycles. The third-order valence-electron chi connectivity index (χ3n) is 5.28. The summed E-state index contributed by atoms with van der Waals surface area (Å²) >= 11 is 0. The Bertz CT molecular complexity index is 1000. The van der Waals surface area contributed by atoms with E-state index in [9.17, 15) is 4.79 Å². The minimum absolute atomic E-state index is 0.0570. The zero-order valence-corrected chi connectivity index (χ0v) is 16.5. The van der Waals surface area contributed by atoms with Gasteiger partial charge in [-0.05, 0) is 49.2 Å². The van der Waals surface area contributed by atoms with E-state index >= 15 is 0 Å². The average molecular weight is 379 g/mol. The third-order valence-corrected chi connectivity index (χ3v) is 5.28. The monoisotopic (exact) mass is 379 g/mol. The Balaban J connectivity index is 1.40. The molecule has 2 aromatic heterocycles. The van der Waals surface area contributed by atoms with Crippen LogP contribution in [0.2, 0.25) is 0 Å². The summed E-state index contributed by atoms with van der Waals surface area (Å²) in [4.78, 5) is 16.6. The molecule has 0 bridgehead atoms. The van der Waals surface area contributed by atoms with Crippen LogP contribution in [0, 0.1) is 13.8 Å². The van der Waals surface area contributed by atoms with Crippen LogP contribution in [0.4, 0.5) is 16.3 Å². The maximum atomic E-state index is 12.6. The Morgan fingerprint density at radius 1 is 1.04 bits per heavy atom. The Kier molecular flexibility index (Phi) is 4.85. The molecular formula is C20H25N7O. The summed E-state index contributed by atoms with van der Waals surface area (Å²) in [7, 11) is 0. The SMILES string of the molecule is CCc1nnc2ccc(N3CCN(C(=O)Nc4ccc(C)c(C)c4)CC3)nn12. The molecule has 1 aliphatic heterocycles. The van der Waals surface area contributed by atoms with Crippen molar-refractivity contribution >= 4 is 23.2 Å². The van der Waals surface area contributed by atoms with Crippen molar-refractivity contribution in [3.8, 4) is 0 Å².